The van der Waals surface area contributed by atoms with Crippen molar-refractivity contribution in [2.24, 2.45) is 0 Å². The van der Waals surface area contributed by atoms with E-state index < -0.39 is 18.0 Å². The number of halogens is 3. The Morgan fingerprint density at radius 2 is 1.71 bits per heavy atom. The Morgan fingerprint density at radius 3 is 2.35 bits per heavy atom. The van der Waals surface area contributed by atoms with E-state index in [-0.39, 0.29) is 23.7 Å². The van der Waals surface area contributed by atoms with Gasteiger partial charge in [0.25, 0.3) is 11.5 Å². The number of fused-ring (bicyclic) bond motifs is 1. The number of amides is 1. The molecule has 31 heavy (non-hydrogen) atoms. The predicted octanol–water partition coefficient (Wildman–Crippen LogP) is 4.34. The second-order valence-corrected chi connectivity index (χ2v) is 7.44. The number of aromatic nitrogens is 2. The molecule has 0 unspecified atom stereocenters. The van der Waals surface area contributed by atoms with E-state index in [0.29, 0.717) is 16.5 Å². The van der Waals surface area contributed by atoms with E-state index in [1.54, 1.807) is 24.3 Å². The first-order valence-corrected chi connectivity index (χ1v) is 9.96. The zero-order valence-corrected chi connectivity index (χ0v) is 16.5. The Labute approximate surface area is 175 Å². The Morgan fingerprint density at radius 1 is 1.06 bits per heavy atom. The van der Waals surface area contributed by atoms with E-state index >= 15 is 0 Å². The van der Waals surface area contributed by atoms with Crippen molar-refractivity contribution in [1.82, 2.24) is 15.1 Å². The summed E-state index contributed by atoms with van der Waals surface area (Å²) in [7, 11) is 0. The van der Waals surface area contributed by atoms with Crippen LogP contribution in [0.2, 0.25) is 0 Å². The van der Waals surface area contributed by atoms with Gasteiger partial charge in [0.1, 0.15) is 5.75 Å². The molecule has 6 nitrogen and oxygen atoms in total. The van der Waals surface area contributed by atoms with Crippen LogP contribution in [0.25, 0.3) is 10.8 Å². The fourth-order valence-electron chi connectivity index (χ4n) is 3.87. The lowest BCUT2D eigenvalue weighted by molar-refractivity contribution is -0.274. The number of carbonyl (C=O) groups is 1. The van der Waals surface area contributed by atoms with Crippen molar-refractivity contribution in [2.75, 3.05) is 0 Å². The summed E-state index contributed by atoms with van der Waals surface area (Å²) >= 11 is 0. The van der Waals surface area contributed by atoms with Crippen molar-refractivity contribution in [1.29, 1.82) is 0 Å². The highest BCUT2D eigenvalue weighted by molar-refractivity contribution is 5.94. The molecular weight excluding hydrogens is 411 g/mol. The molecule has 1 heterocycles. The molecule has 3 aromatic rings. The topological polar surface area (TPSA) is 73.2 Å². The number of benzene rings is 2. The van der Waals surface area contributed by atoms with Crippen LogP contribution in [0.4, 0.5) is 13.2 Å². The highest BCUT2D eigenvalue weighted by Gasteiger charge is 2.31. The maximum Gasteiger partial charge on any atom is 0.573 e. The molecule has 1 aliphatic rings. The number of hydrogen-bond donors (Lipinski definition) is 1. The molecule has 0 atom stereocenters. The molecule has 0 aliphatic heterocycles. The van der Waals surface area contributed by atoms with Gasteiger partial charge in [0, 0.05) is 10.9 Å². The molecule has 4 rings (SSSR count). The summed E-state index contributed by atoms with van der Waals surface area (Å²) in [6.07, 6.45) is -0.914. The van der Waals surface area contributed by atoms with Gasteiger partial charge in [-0.1, -0.05) is 31.0 Å². The Kier molecular flexibility index (Phi) is 5.67. The van der Waals surface area contributed by atoms with Crippen LogP contribution < -0.4 is 15.6 Å². The number of nitrogens with one attached hydrogen (secondary N) is 1. The van der Waals surface area contributed by atoms with E-state index in [4.69, 9.17) is 0 Å². The summed E-state index contributed by atoms with van der Waals surface area (Å²) in [5.41, 5.74) is 0.605. The number of carbonyl (C=O) groups excluding carboxylic acids is 1. The normalized spacial score (nSPS) is 14.7. The van der Waals surface area contributed by atoms with Crippen molar-refractivity contribution in [3.05, 3.63) is 70.1 Å². The predicted molar refractivity (Wildman–Crippen MR) is 108 cm³/mol. The van der Waals surface area contributed by atoms with Gasteiger partial charge in [-0.2, -0.15) is 5.10 Å². The molecule has 162 valence electrons. The standard InChI is InChI=1S/C22H20F3N3O3/c23-22(24,25)31-16-11-9-14(10-12-16)20(29)26-13-19-17-7-3-4-8-18(17)21(30)28(27-19)15-5-1-2-6-15/h3-4,7-12,15H,1-2,5-6,13H2,(H,26,29). The second kappa shape index (κ2) is 8.41. The lowest BCUT2D eigenvalue weighted by Crippen LogP contribution is -2.30. The Bertz CT molecular complexity index is 1150. The van der Waals surface area contributed by atoms with Crippen LogP contribution in [-0.2, 0) is 6.54 Å². The monoisotopic (exact) mass is 431 g/mol. The molecule has 9 heteroatoms. The summed E-state index contributed by atoms with van der Waals surface area (Å²) in [4.78, 5) is 25.4. The fraction of sp³-hybridized carbons (Fsp3) is 0.318. The van der Waals surface area contributed by atoms with Gasteiger partial charge in [0.15, 0.2) is 0 Å². The summed E-state index contributed by atoms with van der Waals surface area (Å²) in [6, 6.07) is 11.8. The van der Waals surface area contributed by atoms with Crippen LogP contribution in [0.3, 0.4) is 0 Å². The number of nitrogens with zero attached hydrogens (tertiary/aromatic N) is 2. The third-order valence-electron chi connectivity index (χ3n) is 5.34. The quantitative estimate of drug-likeness (QED) is 0.652. The van der Waals surface area contributed by atoms with E-state index in [2.05, 4.69) is 15.2 Å². The molecule has 1 saturated carbocycles. The van der Waals surface area contributed by atoms with Crippen LogP contribution >= 0.6 is 0 Å². The Hall–Kier alpha value is -3.36. The molecule has 1 amide bonds. The lowest BCUT2D eigenvalue weighted by atomic mass is 10.1. The number of alkyl halides is 3. The summed E-state index contributed by atoms with van der Waals surface area (Å²) < 4.78 is 42.2. The van der Waals surface area contributed by atoms with Gasteiger partial charge in [0.05, 0.1) is 23.7 Å². The smallest absolute Gasteiger partial charge is 0.406 e. The van der Waals surface area contributed by atoms with E-state index in [1.165, 1.54) is 16.8 Å². The third kappa shape index (κ3) is 4.70. The first-order valence-electron chi connectivity index (χ1n) is 9.96. The van der Waals surface area contributed by atoms with Crippen LogP contribution in [0.15, 0.2) is 53.3 Å². The van der Waals surface area contributed by atoms with Crippen molar-refractivity contribution in [3.63, 3.8) is 0 Å². The van der Waals surface area contributed by atoms with Gasteiger partial charge in [-0.3, -0.25) is 9.59 Å². The van der Waals surface area contributed by atoms with Crippen molar-refractivity contribution in [3.8, 4) is 5.75 Å². The first kappa shape index (κ1) is 20.9. The third-order valence-corrected chi connectivity index (χ3v) is 5.34. The number of ether oxygens (including phenoxy) is 1. The molecule has 1 aromatic heterocycles. The van der Waals surface area contributed by atoms with Crippen LogP contribution in [0.1, 0.15) is 47.8 Å². The van der Waals surface area contributed by atoms with Crippen LogP contribution in [0.5, 0.6) is 5.75 Å². The zero-order valence-electron chi connectivity index (χ0n) is 16.5. The van der Waals surface area contributed by atoms with Crippen LogP contribution in [-0.4, -0.2) is 22.1 Å². The van der Waals surface area contributed by atoms with Gasteiger partial charge in [-0.25, -0.2) is 4.68 Å². The molecule has 1 fully saturated rings. The minimum absolute atomic E-state index is 0.0488. The SMILES string of the molecule is O=C(NCc1nn(C2CCCC2)c(=O)c2ccccc12)c1ccc(OC(F)(F)F)cc1. The number of hydrogen-bond acceptors (Lipinski definition) is 4. The number of rotatable bonds is 5. The highest BCUT2D eigenvalue weighted by atomic mass is 19.4. The van der Waals surface area contributed by atoms with Gasteiger partial charge in [0.2, 0.25) is 0 Å². The summed E-state index contributed by atoms with van der Waals surface area (Å²) in [5.74, 6) is -0.872. The fourth-order valence-corrected chi connectivity index (χ4v) is 3.87. The average molecular weight is 431 g/mol. The highest BCUT2D eigenvalue weighted by Crippen LogP contribution is 2.28. The zero-order chi connectivity index (χ0) is 22.0. The molecule has 0 saturated heterocycles. The van der Waals surface area contributed by atoms with E-state index in [1.807, 2.05) is 0 Å². The Balaban J connectivity index is 1.55. The second-order valence-electron chi connectivity index (χ2n) is 7.44. The van der Waals surface area contributed by atoms with E-state index in [9.17, 15) is 22.8 Å². The molecule has 0 bridgehead atoms. The van der Waals surface area contributed by atoms with Crippen molar-refractivity contribution < 1.29 is 22.7 Å². The average Bonchev–Trinajstić information content (AvgIpc) is 3.27. The van der Waals surface area contributed by atoms with Gasteiger partial charge in [-0.05, 0) is 43.2 Å². The molecule has 1 N–H and O–H groups in total. The molecule has 1 aliphatic carbocycles. The maximum absolute atomic E-state index is 12.9. The molecule has 2 aromatic carbocycles. The van der Waals surface area contributed by atoms with Gasteiger partial charge in [-0.15, -0.1) is 13.2 Å². The largest absolute Gasteiger partial charge is 0.573 e. The van der Waals surface area contributed by atoms with Crippen molar-refractivity contribution >= 4 is 16.7 Å². The molecular formula is C22H20F3N3O3. The first-order chi connectivity index (χ1) is 14.8. The van der Waals surface area contributed by atoms with Crippen molar-refractivity contribution in [2.45, 2.75) is 44.6 Å². The molecule has 0 spiro atoms. The molecule has 0 radical (unpaired) electrons. The lowest BCUT2D eigenvalue weighted by Gasteiger charge is -2.16. The van der Waals surface area contributed by atoms with E-state index in [0.717, 1.165) is 37.8 Å². The minimum Gasteiger partial charge on any atom is -0.406 e. The van der Waals surface area contributed by atoms with Crippen LogP contribution in [0, 0.1) is 0 Å². The minimum atomic E-state index is -4.79. The summed E-state index contributed by atoms with van der Waals surface area (Å²) in [5, 5.41) is 8.49. The van der Waals surface area contributed by atoms with Gasteiger partial charge >= 0.3 is 6.36 Å². The summed E-state index contributed by atoms with van der Waals surface area (Å²) in [6.45, 7) is 0.0765. The van der Waals surface area contributed by atoms with Gasteiger partial charge < -0.3 is 10.1 Å². The maximum atomic E-state index is 12.9.